The molecule has 0 bridgehead atoms. The van der Waals surface area contributed by atoms with Crippen LogP contribution < -0.4 is 4.74 Å². The summed E-state index contributed by atoms with van der Waals surface area (Å²) in [6.45, 7) is -0.601. The van der Waals surface area contributed by atoms with Crippen LogP contribution in [0.1, 0.15) is 16.8 Å². The molecule has 0 atom stereocenters. The number of benzene rings is 1. The zero-order valence-corrected chi connectivity index (χ0v) is 8.05. The molecule has 0 unspecified atom stereocenters. The fourth-order valence-electron chi connectivity index (χ4n) is 1.02. The molecular formula is C10H8F4O2. The predicted molar refractivity (Wildman–Crippen MR) is 48.0 cm³/mol. The summed E-state index contributed by atoms with van der Waals surface area (Å²) in [4.78, 5) is 10.5. The molecule has 0 radical (unpaired) electrons. The van der Waals surface area contributed by atoms with Crippen molar-refractivity contribution < 1.29 is 27.1 Å². The summed E-state index contributed by atoms with van der Waals surface area (Å²) in [5, 5.41) is 0. The maximum atomic E-state index is 12.7. The summed E-state index contributed by atoms with van der Waals surface area (Å²) in [5.74, 6) is -0.703. The zero-order chi connectivity index (χ0) is 12.2. The number of alkyl halides is 3. The van der Waals surface area contributed by atoms with Crippen LogP contribution in [0.25, 0.3) is 0 Å². The van der Waals surface area contributed by atoms with Crippen molar-refractivity contribution in [3.8, 4) is 5.75 Å². The molecule has 0 aliphatic carbocycles. The summed E-state index contributed by atoms with van der Waals surface area (Å²) in [6, 6.07) is 3.03. The number of hydrogen-bond acceptors (Lipinski definition) is 2. The Kier molecular flexibility index (Phi) is 3.87. The number of hydrogen-bond donors (Lipinski definition) is 0. The van der Waals surface area contributed by atoms with E-state index in [1.807, 2.05) is 0 Å². The van der Waals surface area contributed by atoms with Gasteiger partial charge in [0, 0.05) is 0 Å². The summed E-state index contributed by atoms with van der Waals surface area (Å²) in [6.07, 6.45) is -5.12. The Morgan fingerprint density at radius 1 is 1.31 bits per heavy atom. The maximum absolute atomic E-state index is 12.7. The Balaban J connectivity index is 2.63. The molecule has 0 spiro atoms. The van der Waals surface area contributed by atoms with Gasteiger partial charge in [-0.15, -0.1) is 0 Å². The summed E-state index contributed by atoms with van der Waals surface area (Å²) in [5.41, 5.74) is -0.109. The molecule has 0 aliphatic heterocycles. The molecule has 0 amide bonds. The first kappa shape index (κ1) is 12.5. The molecule has 1 aromatic rings. The van der Waals surface area contributed by atoms with Gasteiger partial charge in [-0.3, -0.25) is 4.79 Å². The number of rotatable bonds is 4. The topological polar surface area (TPSA) is 26.3 Å². The van der Waals surface area contributed by atoms with Gasteiger partial charge in [-0.05, 0) is 18.2 Å². The second-order valence-electron chi connectivity index (χ2n) is 3.01. The van der Waals surface area contributed by atoms with Crippen LogP contribution in [0.5, 0.6) is 5.75 Å². The number of carbonyl (C=O) groups is 1. The van der Waals surface area contributed by atoms with E-state index in [-0.39, 0.29) is 11.3 Å². The largest absolute Gasteiger partial charge is 0.492 e. The second kappa shape index (κ2) is 4.96. The molecule has 6 heteroatoms. The number of carbonyl (C=O) groups excluding carboxylic acids is 1. The van der Waals surface area contributed by atoms with Crippen LogP contribution >= 0.6 is 0 Å². The van der Waals surface area contributed by atoms with Crippen molar-refractivity contribution in [3.05, 3.63) is 29.6 Å². The first-order valence-electron chi connectivity index (χ1n) is 4.36. The lowest BCUT2D eigenvalue weighted by Crippen LogP contribution is -2.13. The fourth-order valence-corrected chi connectivity index (χ4v) is 1.02. The molecule has 1 rings (SSSR count). The highest BCUT2D eigenvalue weighted by molar-refractivity contribution is 5.79. The van der Waals surface area contributed by atoms with Crippen LogP contribution in [0.3, 0.4) is 0 Å². The molecular weight excluding hydrogens is 228 g/mol. The van der Waals surface area contributed by atoms with Gasteiger partial charge < -0.3 is 4.74 Å². The average molecular weight is 236 g/mol. The third kappa shape index (κ3) is 3.88. The van der Waals surface area contributed by atoms with Gasteiger partial charge in [-0.1, -0.05) is 0 Å². The van der Waals surface area contributed by atoms with Crippen LogP contribution in [0.2, 0.25) is 0 Å². The van der Waals surface area contributed by atoms with E-state index in [1.165, 1.54) is 0 Å². The predicted octanol–water partition coefficient (Wildman–Crippen LogP) is 2.97. The molecule has 1 aromatic carbocycles. The quantitative estimate of drug-likeness (QED) is 0.593. The van der Waals surface area contributed by atoms with E-state index in [9.17, 15) is 22.4 Å². The lowest BCUT2D eigenvalue weighted by atomic mass is 10.2. The van der Waals surface area contributed by atoms with Gasteiger partial charge in [-0.25, -0.2) is 4.39 Å². The SMILES string of the molecule is O=Cc1cc(F)ccc1OCCC(F)(F)F. The smallest absolute Gasteiger partial charge is 0.392 e. The molecule has 88 valence electrons. The van der Waals surface area contributed by atoms with Crippen molar-refractivity contribution >= 4 is 6.29 Å². The normalized spacial score (nSPS) is 11.2. The highest BCUT2D eigenvalue weighted by atomic mass is 19.4. The number of halogens is 4. The van der Waals surface area contributed by atoms with Crippen molar-refractivity contribution in [2.75, 3.05) is 6.61 Å². The Hall–Kier alpha value is -1.59. The van der Waals surface area contributed by atoms with E-state index in [1.54, 1.807) is 0 Å². The molecule has 0 aromatic heterocycles. The molecule has 0 heterocycles. The van der Waals surface area contributed by atoms with Crippen molar-refractivity contribution in [2.45, 2.75) is 12.6 Å². The van der Waals surface area contributed by atoms with Crippen LogP contribution in [-0.2, 0) is 0 Å². The lowest BCUT2D eigenvalue weighted by Gasteiger charge is -2.09. The monoisotopic (exact) mass is 236 g/mol. The maximum Gasteiger partial charge on any atom is 0.392 e. The number of ether oxygens (including phenoxy) is 1. The molecule has 0 saturated carbocycles. The van der Waals surface area contributed by atoms with Gasteiger partial charge in [-0.2, -0.15) is 13.2 Å². The Bertz CT molecular complexity index is 374. The molecule has 2 nitrogen and oxygen atoms in total. The Morgan fingerprint density at radius 3 is 2.56 bits per heavy atom. The van der Waals surface area contributed by atoms with E-state index >= 15 is 0 Å². The van der Waals surface area contributed by atoms with Crippen molar-refractivity contribution in [2.24, 2.45) is 0 Å². The van der Waals surface area contributed by atoms with Gasteiger partial charge in [0.15, 0.2) is 6.29 Å². The van der Waals surface area contributed by atoms with Crippen molar-refractivity contribution in [1.82, 2.24) is 0 Å². The molecule has 16 heavy (non-hydrogen) atoms. The van der Waals surface area contributed by atoms with Gasteiger partial charge in [0.2, 0.25) is 0 Å². The van der Waals surface area contributed by atoms with Crippen LogP contribution in [-0.4, -0.2) is 19.1 Å². The molecule has 0 fully saturated rings. The fraction of sp³-hybridized carbons (Fsp3) is 0.300. The van der Waals surface area contributed by atoms with Gasteiger partial charge in [0.25, 0.3) is 0 Å². The standard InChI is InChI=1S/C10H8F4O2/c11-8-1-2-9(7(5-8)6-15)16-4-3-10(12,13)14/h1-2,5-6H,3-4H2. The van der Waals surface area contributed by atoms with Gasteiger partial charge >= 0.3 is 6.18 Å². The lowest BCUT2D eigenvalue weighted by molar-refractivity contribution is -0.139. The third-order valence-electron chi connectivity index (χ3n) is 1.74. The Morgan fingerprint density at radius 2 is 2.00 bits per heavy atom. The first-order valence-corrected chi connectivity index (χ1v) is 4.36. The van der Waals surface area contributed by atoms with Crippen LogP contribution in [0.4, 0.5) is 17.6 Å². The summed E-state index contributed by atoms with van der Waals surface area (Å²) in [7, 11) is 0. The van der Waals surface area contributed by atoms with E-state index < -0.39 is 25.0 Å². The number of aldehydes is 1. The van der Waals surface area contributed by atoms with Crippen molar-refractivity contribution in [1.29, 1.82) is 0 Å². The minimum absolute atomic E-state index is 0.0550. The zero-order valence-electron chi connectivity index (χ0n) is 8.05. The minimum Gasteiger partial charge on any atom is -0.492 e. The van der Waals surface area contributed by atoms with Crippen molar-refractivity contribution in [3.63, 3.8) is 0 Å². The molecule has 0 aliphatic rings. The summed E-state index contributed by atoms with van der Waals surface area (Å²) < 4.78 is 52.8. The highest BCUT2D eigenvalue weighted by Crippen LogP contribution is 2.22. The van der Waals surface area contributed by atoms with Crippen LogP contribution in [0, 0.1) is 5.82 Å². The first-order chi connectivity index (χ1) is 7.42. The highest BCUT2D eigenvalue weighted by Gasteiger charge is 2.26. The van der Waals surface area contributed by atoms with E-state index in [0.29, 0.717) is 6.29 Å². The summed E-state index contributed by atoms with van der Waals surface area (Å²) >= 11 is 0. The van der Waals surface area contributed by atoms with Gasteiger partial charge in [0.1, 0.15) is 11.6 Å². The molecule has 0 N–H and O–H groups in total. The Labute approximate surface area is 88.8 Å². The second-order valence-corrected chi connectivity index (χ2v) is 3.01. The van der Waals surface area contributed by atoms with Gasteiger partial charge in [0.05, 0.1) is 18.6 Å². The van der Waals surface area contributed by atoms with Crippen LogP contribution in [0.15, 0.2) is 18.2 Å². The van der Waals surface area contributed by atoms with E-state index in [4.69, 9.17) is 4.74 Å². The minimum atomic E-state index is -4.32. The molecule has 0 saturated heterocycles. The average Bonchev–Trinajstić information content (AvgIpc) is 2.18. The third-order valence-corrected chi connectivity index (χ3v) is 1.74. The van der Waals surface area contributed by atoms with E-state index in [0.717, 1.165) is 18.2 Å². The van der Waals surface area contributed by atoms with E-state index in [2.05, 4.69) is 0 Å².